The summed E-state index contributed by atoms with van der Waals surface area (Å²) in [5.74, 6) is 0.239. The lowest BCUT2D eigenvalue weighted by Gasteiger charge is -2.12. The van der Waals surface area contributed by atoms with Crippen LogP contribution in [-0.2, 0) is 0 Å². The first-order valence-corrected chi connectivity index (χ1v) is 9.10. The molecule has 3 rings (SSSR count). The highest BCUT2D eigenvalue weighted by molar-refractivity contribution is 7.15. The molecule has 0 fully saturated rings. The van der Waals surface area contributed by atoms with Gasteiger partial charge >= 0.3 is 0 Å². The Morgan fingerprint density at radius 2 is 1.58 bits per heavy atom. The highest BCUT2D eigenvalue weighted by atomic mass is 32.1. The van der Waals surface area contributed by atoms with Crippen molar-refractivity contribution in [1.29, 1.82) is 0 Å². The quantitative estimate of drug-likeness (QED) is 0.711. The lowest BCUT2D eigenvalue weighted by molar-refractivity contribution is 0.102. The van der Waals surface area contributed by atoms with Gasteiger partial charge in [0.2, 0.25) is 5.95 Å². The van der Waals surface area contributed by atoms with Crippen LogP contribution in [0.5, 0.6) is 0 Å². The van der Waals surface area contributed by atoms with Crippen LogP contribution in [0.2, 0.25) is 0 Å². The summed E-state index contributed by atoms with van der Waals surface area (Å²) in [7, 11) is 0. The maximum Gasteiger partial charge on any atom is 0.259 e. The second kappa shape index (κ2) is 7.21. The van der Waals surface area contributed by atoms with Gasteiger partial charge in [-0.2, -0.15) is 0 Å². The third kappa shape index (κ3) is 3.72. The summed E-state index contributed by atoms with van der Waals surface area (Å²) in [5.41, 5.74) is 4.51. The Labute approximate surface area is 156 Å². The number of benzene rings is 1. The Balaban J connectivity index is 1.85. The molecule has 0 aliphatic rings. The number of amides is 1. The fraction of sp³-hybridized carbons (Fsp3) is 0.263. The molecule has 0 atom stereocenters. The van der Waals surface area contributed by atoms with Gasteiger partial charge in [-0.15, -0.1) is 11.3 Å². The largest absolute Gasteiger partial charge is 0.322 e. The van der Waals surface area contributed by atoms with E-state index >= 15 is 0 Å². The van der Waals surface area contributed by atoms with Crippen LogP contribution in [-0.4, -0.2) is 20.9 Å². The molecule has 134 valence electrons. The van der Waals surface area contributed by atoms with E-state index in [2.05, 4.69) is 25.6 Å². The standard InChI is InChI=1S/C19H21N5OS/c1-10-8-6-7-9-15(10)23-17(25)16-12(3)20-18(21-13(16)4)24-19-22-11(2)14(5)26-19/h6-9H,1-5H3,(H,23,25)(H,20,21,22,24). The minimum Gasteiger partial charge on any atom is -0.322 e. The van der Waals surface area contributed by atoms with Crippen LogP contribution in [0.3, 0.4) is 0 Å². The van der Waals surface area contributed by atoms with Crippen molar-refractivity contribution in [3.05, 3.63) is 57.4 Å². The summed E-state index contributed by atoms with van der Waals surface area (Å²) < 4.78 is 0. The van der Waals surface area contributed by atoms with Crippen LogP contribution in [0.25, 0.3) is 0 Å². The maximum atomic E-state index is 12.7. The third-order valence-electron chi connectivity index (χ3n) is 4.14. The first-order chi connectivity index (χ1) is 12.3. The van der Waals surface area contributed by atoms with Gasteiger partial charge in [0, 0.05) is 10.6 Å². The monoisotopic (exact) mass is 367 g/mol. The van der Waals surface area contributed by atoms with E-state index in [9.17, 15) is 4.79 Å². The number of nitrogens with one attached hydrogen (secondary N) is 2. The van der Waals surface area contributed by atoms with Crippen molar-refractivity contribution in [3.63, 3.8) is 0 Å². The molecule has 0 radical (unpaired) electrons. The van der Waals surface area contributed by atoms with Crippen LogP contribution < -0.4 is 10.6 Å². The minimum atomic E-state index is -0.207. The second-order valence-electron chi connectivity index (χ2n) is 6.15. The predicted molar refractivity (Wildman–Crippen MR) is 106 cm³/mol. The Morgan fingerprint density at radius 3 is 2.15 bits per heavy atom. The van der Waals surface area contributed by atoms with E-state index in [0.717, 1.165) is 27.0 Å². The van der Waals surface area contributed by atoms with Gasteiger partial charge in [-0.3, -0.25) is 4.79 Å². The van der Waals surface area contributed by atoms with E-state index in [-0.39, 0.29) is 5.91 Å². The molecule has 2 N–H and O–H groups in total. The first-order valence-electron chi connectivity index (χ1n) is 8.28. The molecule has 1 amide bonds. The van der Waals surface area contributed by atoms with Gasteiger partial charge in [0.05, 0.1) is 22.6 Å². The van der Waals surface area contributed by atoms with Crippen molar-refractivity contribution in [2.24, 2.45) is 0 Å². The van der Waals surface area contributed by atoms with Crippen LogP contribution in [0.1, 0.15) is 37.9 Å². The van der Waals surface area contributed by atoms with Crippen molar-refractivity contribution in [2.75, 3.05) is 10.6 Å². The van der Waals surface area contributed by atoms with Crippen LogP contribution in [0, 0.1) is 34.6 Å². The molecule has 26 heavy (non-hydrogen) atoms. The Kier molecular flexibility index (Phi) is 4.99. The number of rotatable bonds is 4. The average molecular weight is 367 g/mol. The molecule has 0 aliphatic carbocycles. The minimum absolute atomic E-state index is 0.207. The lowest BCUT2D eigenvalue weighted by Crippen LogP contribution is -2.18. The van der Waals surface area contributed by atoms with E-state index in [1.807, 2.05) is 58.9 Å². The molecule has 1 aromatic carbocycles. The van der Waals surface area contributed by atoms with Gasteiger partial charge < -0.3 is 10.6 Å². The number of hydrogen-bond donors (Lipinski definition) is 2. The number of aromatic nitrogens is 3. The van der Waals surface area contributed by atoms with Crippen molar-refractivity contribution in [1.82, 2.24) is 15.0 Å². The molecular formula is C19H21N5OS. The Bertz CT molecular complexity index is 937. The highest BCUT2D eigenvalue weighted by Gasteiger charge is 2.17. The van der Waals surface area contributed by atoms with Gasteiger partial charge in [0.25, 0.3) is 5.91 Å². The third-order valence-corrected chi connectivity index (χ3v) is 5.13. The fourth-order valence-corrected chi connectivity index (χ4v) is 3.43. The second-order valence-corrected chi connectivity index (χ2v) is 7.35. The molecule has 2 aromatic heterocycles. The van der Waals surface area contributed by atoms with Crippen molar-refractivity contribution < 1.29 is 4.79 Å². The molecule has 0 spiro atoms. The number of carbonyl (C=O) groups excluding carboxylic acids is 1. The summed E-state index contributed by atoms with van der Waals surface area (Å²) in [4.78, 5) is 27.2. The summed E-state index contributed by atoms with van der Waals surface area (Å²) >= 11 is 1.55. The van der Waals surface area contributed by atoms with Crippen molar-refractivity contribution in [2.45, 2.75) is 34.6 Å². The molecule has 0 saturated carbocycles. The van der Waals surface area contributed by atoms with E-state index in [0.29, 0.717) is 22.9 Å². The number of aryl methyl sites for hydroxylation is 5. The zero-order valence-electron chi connectivity index (χ0n) is 15.5. The summed E-state index contributed by atoms with van der Waals surface area (Å²) in [5, 5.41) is 6.81. The van der Waals surface area contributed by atoms with Crippen LogP contribution >= 0.6 is 11.3 Å². The summed E-state index contributed by atoms with van der Waals surface area (Å²) in [6.07, 6.45) is 0. The number of thiazole rings is 1. The SMILES string of the molecule is Cc1ccccc1NC(=O)c1c(C)nc(Nc2nc(C)c(C)s2)nc1C. The zero-order chi connectivity index (χ0) is 18.8. The average Bonchev–Trinajstić information content (AvgIpc) is 2.86. The van der Waals surface area contributed by atoms with Gasteiger partial charge in [0.15, 0.2) is 5.13 Å². The predicted octanol–water partition coefficient (Wildman–Crippen LogP) is 4.47. The molecule has 0 aliphatic heterocycles. The molecule has 3 aromatic rings. The molecular weight excluding hydrogens is 346 g/mol. The smallest absolute Gasteiger partial charge is 0.259 e. The summed E-state index contributed by atoms with van der Waals surface area (Å²) in [6.45, 7) is 9.56. The number of para-hydroxylation sites is 1. The zero-order valence-corrected chi connectivity index (χ0v) is 16.3. The van der Waals surface area contributed by atoms with E-state index in [4.69, 9.17) is 0 Å². The van der Waals surface area contributed by atoms with Gasteiger partial charge in [-0.05, 0) is 46.2 Å². The Morgan fingerprint density at radius 1 is 0.923 bits per heavy atom. The molecule has 6 nitrogen and oxygen atoms in total. The number of carbonyl (C=O) groups is 1. The lowest BCUT2D eigenvalue weighted by atomic mass is 10.1. The van der Waals surface area contributed by atoms with Crippen LogP contribution in [0.4, 0.5) is 16.8 Å². The summed E-state index contributed by atoms with van der Waals surface area (Å²) in [6, 6.07) is 7.66. The van der Waals surface area contributed by atoms with E-state index in [1.54, 1.807) is 11.3 Å². The normalized spacial score (nSPS) is 10.7. The number of anilines is 3. The highest BCUT2D eigenvalue weighted by Crippen LogP contribution is 2.24. The molecule has 0 unspecified atom stereocenters. The fourth-order valence-electron chi connectivity index (χ4n) is 2.62. The molecule has 2 heterocycles. The first kappa shape index (κ1) is 18.0. The molecule has 0 bridgehead atoms. The van der Waals surface area contributed by atoms with Gasteiger partial charge in [-0.25, -0.2) is 15.0 Å². The molecule has 7 heteroatoms. The van der Waals surface area contributed by atoms with Crippen molar-refractivity contribution in [3.8, 4) is 0 Å². The van der Waals surface area contributed by atoms with Crippen molar-refractivity contribution >= 4 is 34.0 Å². The number of hydrogen-bond acceptors (Lipinski definition) is 6. The van der Waals surface area contributed by atoms with E-state index < -0.39 is 0 Å². The maximum absolute atomic E-state index is 12.7. The van der Waals surface area contributed by atoms with Crippen LogP contribution in [0.15, 0.2) is 24.3 Å². The Hall–Kier alpha value is -2.80. The van der Waals surface area contributed by atoms with Gasteiger partial charge in [-0.1, -0.05) is 18.2 Å². The number of nitrogens with zero attached hydrogens (tertiary/aromatic N) is 3. The topological polar surface area (TPSA) is 79.8 Å². The van der Waals surface area contributed by atoms with Gasteiger partial charge in [0.1, 0.15) is 0 Å². The molecule has 0 saturated heterocycles. The van der Waals surface area contributed by atoms with E-state index in [1.165, 1.54) is 0 Å².